The quantitative estimate of drug-likeness (QED) is 0.827. The van der Waals surface area contributed by atoms with Crippen molar-refractivity contribution in [1.29, 1.82) is 0 Å². The third kappa shape index (κ3) is 3.92. The highest BCUT2D eigenvalue weighted by Gasteiger charge is 2.16. The van der Waals surface area contributed by atoms with E-state index in [4.69, 9.17) is 4.74 Å². The zero-order chi connectivity index (χ0) is 15.2. The van der Waals surface area contributed by atoms with Gasteiger partial charge in [-0.3, -0.25) is 4.90 Å². The van der Waals surface area contributed by atoms with Gasteiger partial charge in [-0.05, 0) is 37.1 Å². The molecule has 0 amide bonds. The lowest BCUT2D eigenvalue weighted by Crippen LogP contribution is -2.31. The largest absolute Gasteiger partial charge is 0.494 e. The molecule has 0 radical (unpaired) electrons. The van der Waals surface area contributed by atoms with E-state index in [0.29, 0.717) is 5.82 Å². The summed E-state index contributed by atoms with van der Waals surface area (Å²) in [4.78, 5) is 2.41. The zero-order valence-corrected chi connectivity index (χ0v) is 12.8. The van der Waals surface area contributed by atoms with Crippen LogP contribution in [0.15, 0.2) is 30.3 Å². The first-order valence-corrected chi connectivity index (χ1v) is 7.66. The predicted octanol–water partition coefficient (Wildman–Crippen LogP) is 2.07. The number of aromatic nitrogens is 4. The van der Waals surface area contributed by atoms with E-state index in [-0.39, 0.29) is 0 Å². The summed E-state index contributed by atoms with van der Waals surface area (Å²) in [7, 11) is 0. The normalized spacial score (nSPS) is 15.6. The molecule has 1 aromatic heterocycles. The highest BCUT2D eigenvalue weighted by atomic mass is 16.5. The fourth-order valence-electron chi connectivity index (χ4n) is 2.57. The van der Waals surface area contributed by atoms with Gasteiger partial charge in [0.1, 0.15) is 5.75 Å². The number of rotatable bonds is 6. The van der Waals surface area contributed by atoms with Crippen molar-refractivity contribution in [3.63, 3.8) is 0 Å². The Morgan fingerprint density at radius 1 is 1.27 bits per heavy atom. The number of hydrogen-bond acceptors (Lipinski definition) is 5. The first-order chi connectivity index (χ1) is 10.8. The maximum absolute atomic E-state index is 5.77. The molecule has 22 heavy (non-hydrogen) atoms. The van der Waals surface area contributed by atoms with E-state index in [1.54, 1.807) is 0 Å². The number of hydrogen-bond donors (Lipinski definition) is 1. The zero-order valence-electron chi connectivity index (χ0n) is 12.8. The number of benzene rings is 1. The molecule has 0 unspecified atom stereocenters. The molecule has 0 fully saturated rings. The summed E-state index contributed by atoms with van der Waals surface area (Å²) in [5, 5.41) is 14.2. The van der Waals surface area contributed by atoms with Crippen LogP contribution >= 0.6 is 0 Å². The van der Waals surface area contributed by atoms with Crippen LogP contribution in [0.5, 0.6) is 5.75 Å². The van der Waals surface area contributed by atoms with Crippen LogP contribution in [-0.2, 0) is 0 Å². The molecule has 0 bridgehead atoms. The van der Waals surface area contributed by atoms with Gasteiger partial charge < -0.3 is 4.74 Å². The first kappa shape index (κ1) is 14.7. The number of nitrogens with one attached hydrogen (secondary N) is 1. The van der Waals surface area contributed by atoms with Gasteiger partial charge in [-0.15, -0.1) is 10.2 Å². The Balaban J connectivity index is 1.41. The molecule has 2 aromatic rings. The summed E-state index contributed by atoms with van der Waals surface area (Å²) in [6.45, 7) is 5.78. The van der Waals surface area contributed by atoms with Crippen LogP contribution in [0.3, 0.4) is 0 Å². The summed E-state index contributed by atoms with van der Waals surface area (Å²) in [6.07, 6.45) is 4.24. The molecule has 2 heterocycles. The minimum absolute atomic E-state index is 0.709. The minimum Gasteiger partial charge on any atom is -0.494 e. The van der Waals surface area contributed by atoms with Crippen molar-refractivity contribution in [2.24, 2.45) is 0 Å². The van der Waals surface area contributed by atoms with Crippen molar-refractivity contribution in [2.75, 3.05) is 26.2 Å². The maximum Gasteiger partial charge on any atom is 0.201 e. The van der Waals surface area contributed by atoms with Gasteiger partial charge in [0, 0.05) is 25.2 Å². The van der Waals surface area contributed by atoms with E-state index in [9.17, 15) is 0 Å². The summed E-state index contributed by atoms with van der Waals surface area (Å²) in [5.41, 5.74) is 2.40. The van der Waals surface area contributed by atoms with Crippen LogP contribution in [0.25, 0.3) is 5.57 Å². The Labute approximate surface area is 130 Å². The molecule has 6 nitrogen and oxygen atoms in total. The van der Waals surface area contributed by atoms with Crippen molar-refractivity contribution in [3.8, 4) is 5.75 Å². The molecule has 0 saturated heterocycles. The average molecular weight is 299 g/mol. The molecule has 0 atom stereocenters. The molecule has 1 aliphatic rings. The third-order valence-corrected chi connectivity index (χ3v) is 3.77. The van der Waals surface area contributed by atoms with Crippen molar-refractivity contribution >= 4 is 5.57 Å². The fraction of sp³-hybridized carbons (Fsp3) is 0.438. The summed E-state index contributed by atoms with van der Waals surface area (Å²) in [5.74, 6) is 1.65. The third-order valence-electron chi connectivity index (χ3n) is 3.77. The van der Waals surface area contributed by atoms with Crippen LogP contribution in [0.2, 0.25) is 0 Å². The lowest BCUT2D eigenvalue weighted by molar-refractivity contribution is 0.249. The van der Waals surface area contributed by atoms with E-state index in [1.807, 2.05) is 12.1 Å². The second kappa shape index (κ2) is 7.17. The van der Waals surface area contributed by atoms with Crippen LogP contribution in [0.4, 0.5) is 0 Å². The SMILES string of the molecule is Cc1ccc(OCCCN2CCC=C(c3nn[nH]n3)C2)cc1. The molecule has 1 N–H and O–H groups in total. The average Bonchev–Trinajstić information content (AvgIpc) is 3.08. The van der Waals surface area contributed by atoms with E-state index < -0.39 is 0 Å². The number of aromatic amines is 1. The molecule has 1 aliphatic heterocycles. The van der Waals surface area contributed by atoms with E-state index >= 15 is 0 Å². The van der Waals surface area contributed by atoms with Crippen LogP contribution < -0.4 is 4.74 Å². The van der Waals surface area contributed by atoms with Crippen molar-refractivity contribution in [3.05, 3.63) is 41.7 Å². The second-order valence-electron chi connectivity index (χ2n) is 5.54. The molecular formula is C16H21N5O. The lowest BCUT2D eigenvalue weighted by atomic mass is 10.1. The predicted molar refractivity (Wildman–Crippen MR) is 84.5 cm³/mol. The first-order valence-electron chi connectivity index (χ1n) is 7.66. The lowest BCUT2D eigenvalue weighted by Gasteiger charge is -2.25. The highest BCUT2D eigenvalue weighted by Crippen LogP contribution is 2.17. The van der Waals surface area contributed by atoms with Crippen LogP contribution in [-0.4, -0.2) is 51.8 Å². The number of H-pyrrole nitrogens is 1. The van der Waals surface area contributed by atoms with Gasteiger partial charge in [0.2, 0.25) is 5.82 Å². The highest BCUT2D eigenvalue weighted by molar-refractivity contribution is 5.61. The Morgan fingerprint density at radius 2 is 2.14 bits per heavy atom. The molecule has 0 spiro atoms. The van der Waals surface area contributed by atoms with Crippen molar-refractivity contribution in [2.45, 2.75) is 19.8 Å². The van der Waals surface area contributed by atoms with Gasteiger partial charge in [-0.1, -0.05) is 23.8 Å². The molecule has 1 aromatic carbocycles. The smallest absolute Gasteiger partial charge is 0.201 e. The number of nitrogens with zero attached hydrogens (tertiary/aromatic N) is 4. The molecule has 3 rings (SSSR count). The Hall–Kier alpha value is -2.21. The van der Waals surface area contributed by atoms with Gasteiger partial charge >= 0.3 is 0 Å². The summed E-state index contributed by atoms with van der Waals surface area (Å²) in [6, 6.07) is 8.19. The van der Waals surface area contributed by atoms with E-state index in [2.05, 4.69) is 50.7 Å². The standard InChI is InChI=1S/C16H21N5O/c1-13-5-7-15(8-6-13)22-11-3-10-21-9-2-4-14(12-21)16-17-19-20-18-16/h4-8H,2-3,9-12H2,1H3,(H,17,18,19,20). The van der Waals surface area contributed by atoms with E-state index in [0.717, 1.165) is 50.4 Å². The van der Waals surface area contributed by atoms with Crippen LogP contribution in [0, 0.1) is 6.92 Å². The fourth-order valence-corrected chi connectivity index (χ4v) is 2.57. The minimum atomic E-state index is 0.709. The maximum atomic E-state index is 5.77. The van der Waals surface area contributed by atoms with Gasteiger partial charge in [-0.2, -0.15) is 5.21 Å². The Bertz CT molecular complexity index is 606. The van der Waals surface area contributed by atoms with Gasteiger partial charge in [0.05, 0.1) is 6.61 Å². The van der Waals surface area contributed by atoms with Crippen molar-refractivity contribution < 1.29 is 4.74 Å². The topological polar surface area (TPSA) is 66.9 Å². The number of tetrazole rings is 1. The Morgan fingerprint density at radius 3 is 2.91 bits per heavy atom. The summed E-state index contributed by atoms with van der Waals surface area (Å²) < 4.78 is 5.77. The molecule has 0 aliphatic carbocycles. The number of ether oxygens (including phenoxy) is 1. The monoisotopic (exact) mass is 299 g/mol. The Kier molecular flexibility index (Phi) is 4.80. The van der Waals surface area contributed by atoms with E-state index in [1.165, 1.54) is 5.56 Å². The van der Waals surface area contributed by atoms with Crippen LogP contribution in [0.1, 0.15) is 24.2 Å². The van der Waals surface area contributed by atoms with Crippen molar-refractivity contribution in [1.82, 2.24) is 25.5 Å². The molecular weight excluding hydrogens is 278 g/mol. The van der Waals surface area contributed by atoms with Gasteiger partial charge in [0.25, 0.3) is 0 Å². The second-order valence-corrected chi connectivity index (χ2v) is 5.54. The van der Waals surface area contributed by atoms with Gasteiger partial charge in [0.15, 0.2) is 0 Å². The molecule has 6 heteroatoms. The molecule has 0 saturated carbocycles. The molecule has 116 valence electrons. The number of aryl methyl sites for hydroxylation is 1. The van der Waals surface area contributed by atoms with Gasteiger partial charge in [-0.25, -0.2) is 0 Å². The summed E-state index contributed by atoms with van der Waals surface area (Å²) >= 11 is 0.